The van der Waals surface area contributed by atoms with Gasteiger partial charge in [0.05, 0.1) is 0 Å². The second-order valence-electron chi connectivity index (χ2n) is 6.09. The van der Waals surface area contributed by atoms with Gasteiger partial charge in [-0.15, -0.1) is 0 Å². The maximum atomic E-state index is 3.65. The Labute approximate surface area is 116 Å². The van der Waals surface area contributed by atoms with Crippen LogP contribution >= 0.6 is 0 Å². The Hall–Kier alpha value is -1.24. The first-order chi connectivity index (χ1) is 9.38. The number of aromatic amines is 1. The van der Waals surface area contributed by atoms with E-state index >= 15 is 0 Å². The number of unbranched alkanes of at least 4 members (excludes halogenated alkanes) is 3. The van der Waals surface area contributed by atoms with Gasteiger partial charge >= 0.3 is 0 Å². The van der Waals surface area contributed by atoms with Gasteiger partial charge in [0.2, 0.25) is 0 Å². The van der Waals surface area contributed by atoms with Crippen molar-refractivity contribution in [2.45, 2.75) is 58.3 Å². The highest BCUT2D eigenvalue weighted by Crippen LogP contribution is 2.33. The summed E-state index contributed by atoms with van der Waals surface area (Å²) in [4.78, 5) is 3.65. The van der Waals surface area contributed by atoms with E-state index in [0.29, 0.717) is 0 Å². The minimum atomic E-state index is 0.914. The third kappa shape index (κ3) is 2.70. The van der Waals surface area contributed by atoms with Crippen molar-refractivity contribution in [1.29, 1.82) is 0 Å². The van der Waals surface area contributed by atoms with Crippen molar-refractivity contribution in [3.63, 3.8) is 0 Å². The van der Waals surface area contributed by atoms with E-state index in [-0.39, 0.29) is 0 Å². The zero-order valence-electron chi connectivity index (χ0n) is 12.0. The van der Waals surface area contributed by atoms with Crippen LogP contribution < -0.4 is 0 Å². The first-order valence-electron chi connectivity index (χ1n) is 7.97. The summed E-state index contributed by atoms with van der Waals surface area (Å²) >= 11 is 0. The molecule has 2 aromatic rings. The minimum absolute atomic E-state index is 0.914. The first-order valence-corrected chi connectivity index (χ1v) is 7.97. The van der Waals surface area contributed by atoms with Crippen LogP contribution in [0.3, 0.4) is 0 Å². The molecule has 1 aliphatic carbocycles. The Morgan fingerprint density at radius 2 is 2.05 bits per heavy atom. The molecular formula is C18H25N. The van der Waals surface area contributed by atoms with Gasteiger partial charge in [-0.05, 0) is 36.8 Å². The molecule has 0 saturated carbocycles. The average molecular weight is 255 g/mol. The zero-order valence-corrected chi connectivity index (χ0v) is 12.0. The third-order valence-corrected chi connectivity index (χ3v) is 4.66. The average Bonchev–Trinajstić information content (AvgIpc) is 2.81. The number of para-hydroxylation sites is 1. The predicted octanol–water partition coefficient (Wildman–Crippen LogP) is 5.24. The largest absolute Gasteiger partial charge is 0.358 e. The number of fused-ring (bicyclic) bond motifs is 3. The summed E-state index contributed by atoms with van der Waals surface area (Å²) in [7, 11) is 0. The summed E-state index contributed by atoms with van der Waals surface area (Å²) in [6.07, 6.45) is 11.0. The SMILES string of the molecule is CCCCCCC1CCc2c([nH]c3ccccc23)C1. The summed E-state index contributed by atoms with van der Waals surface area (Å²) in [6.45, 7) is 2.29. The molecule has 0 radical (unpaired) electrons. The molecule has 1 nitrogen and oxygen atoms in total. The van der Waals surface area contributed by atoms with Crippen molar-refractivity contribution < 1.29 is 0 Å². The van der Waals surface area contributed by atoms with Crippen LogP contribution in [0.15, 0.2) is 24.3 Å². The summed E-state index contributed by atoms with van der Waals surface area (Å²) in [5, 5.41) is 1.46. The van der Waals surface area contributed by atoms with Gasteiger partial charge in [0.25, 0.3) is 0 Å². The van der Waals surface area contributed by atoms with Gasteiger partial charge in [-0.1, -0.05) is 57.2 Å². The van der Waals surface area contributed by atoms with Gasteiger partial charge < -0.3 is 4.98 Å². The van der Waals surface area contributed by atoms with Crippen molar-refractivity contribution in [2.75, 3.05) is 0 Å². The minimum Gasteiger partial charge on any atom is -0.358 e. The van der Waals surface area contributed by atoms with E-state index < -0.39 is 0 Å². The molecule has 1 aliphatic rings. The molecule has 3 rings (SSSR count). The van der Waals surface area contributed by atoms with E-state index in [1.807, 2.05) is 0 Å². The molecule has 0 amide bonds. The Bertz CT molecular complexity index is 538. The maximum Gasteiger partial charge on any atom is 0.0458 e. The molecule has 0 spiro atoms. The fourth-order valence-corrected chi connectivity index (χ4v) is 3.56. The smallest absolute Gasteiger partial charge is 0.0458 e. The van der Waals surface area contributed by atoms with Crippen molar-refractivity contribution >= 4 is 10.9 Å². The monoisotopic (exact) mass is 255 g/mol. The summed E-state index contributed by atoms with van der Waals surface area (Å²) in [5.41, 5.74) is 4.45. The van der Waals surface area contributed by atoms with Gasteiger partial charge in [0.1, 0.15) is 0 Å². The molecule has 1 aromatic heterocycles. The van der Waals surface area contributed by atoms with Gasteiger partial charge in [0.15, 0.2) is 0 Å². The number of aryl methyl sites for hydroxylation is 1. The first kappa shape index (κ1) is 12.8. The van der Waals surface area contributed by atoms with Crippen LogP contribution in [-0.4, -0.2) is 4.98 Å². The Morgan fingerprint density at radius 3 is 2.95 bits per heavy atom. The highest BCUT2D eigenvalue weighted by molar-refractivity contribution is 5.84. The molecule has 1 atom stereocenters. The molecular weight excluding hydrogens is 230 g/mol. The standard InChI is InChI=1S/C18H25N/c1-2-3-4-5-8-14-11-12-16-15-9-6-7-10-17(15)19-18(16)13-14/h6-7,9-10,14,19H,2-5,8,11-13H2,1H3. The van der Waals surface area contributed by atoms with E-state index in [9.17, 15) is 0 Å². The molecule has 0 aliphatic heterocycles. The van der Waals surface area contributed by atoms with Crippen LogP contribution in [0, 0.1) is 5.92 Å². The van der Waals surface area contributed by atoms with Crippen molar-refractivity contribution in [3.05, 3.63) is 35.5 Å². The number of H-pyrrole nitrogens is 1. The molecule has 1 heteroatoms. The van der Waals surface area contributed by atoms with E-state index in [1.54, 1.807) is 5.56 Å². The van der Waals surface area contributed by atoms with E-state index in [0.717, 1.165) is 5.92 Å². The Kier molecular flexibility index (Phi) is 3.91. The van der Waals surface area contributed by atoms with Gasteiger partial charge in [0, 0.05) is 16.6 Å². The summed E-state index contributed by atoms with van der Waals surface area (Å²) in [5.74, 6) is 0.914. The lowest BCUT2D eigenvalue weighted by Gasteiger charge is -2.22. The molecule has 0 saturated heterocycles. The zero-order chi connectivity index (χ0) is 13.1. The van der Waals surface area contributed by atoms with Gasteiger partial charge in [-0.3, -0.25) is 0 Å². The number of hydrogen-bond acceptors (Lipinski definition) is 0. The van der Waals surface area contributed by atoms with Crippen LogP contribution in [0.5, 0.6) is 0 Å². The maximum absolute atomic E-state index is 3.65. The van der Waals surface area contributed by atoms with Gasteiger partial charge in [-0.25, -0.2) is 0 Å². The van der Waals surface area contributed by atoms with Crippen LogP contribution in [0.2, 0.25) is 0 Å². The molecule has 1 unspecified atom stereocenters. The third-order valence-electron chi connectivity index (χ3n) is 4.66. The molecule has 102 valence electrons. The lowest BCUT2D eigenvalue weighted by atomic mass is 9.84. The number of benzene rings is 1. The van der Waals surface area contributed by atoms with Gasteiger partial charge in [-0.2, -0.15) is 0 Å². The topological polar surface area (TPSA) is 15.8 Å². The Balaban J connectivity index is 1.67. The summed E-state index contributed by atoms with van der Waals surface area (Å²) in [6, 6.07) is 8.77. The van der Waals surface area contributed by atoms with Crippen LogP contribution in [-0.2, 0) is 12.8 Å². The van der Waals surface area contributed by atoms with E-state index in [2.05, 4.69) is 36.2 Å². The highest BCUT2D eigenvalue weighted by atomic mass is 14.7. The quantitative estimate of drug-likeness (QED) is 0.703. The van der Waals surface area contributed by atoms with Crippen LogP contribution in [0.1, 0.15) is 56.7 Å². The second kappa shape index (κ2) is 5.81. The number of nitrogens with one attached hydrogen (secondary N) is 1. The predicted molar refractivity (Wildman–Crippen MR) is 82.6 cm³/mol. The molecule has 1 N–H and O–H groups in total. The lowest BCUT2D eigenvalue weighted by Crippen LogP contribution is -2.13. The second-order valence-corrected chi connectivity index (χ2v) is 6.09. The molecule has 19 heavy (non-hydrogen) atoms. The van der Waals surface area contributed by atoms with Crippen molar-refractivity contribution in [3.8, 4) is 0 Å². The fraction of sp³-hybridized carbons (Fsp3) is 0.556. The lowest BCUT2D eigenvalue weighted by molar-refractivity contribution is 0.404. The van der Waals surface area contributed by atoms with Crippen molar-refractivity contribution in [1.82, 2.24) is 4.98 Å². The Morgan fingerprint density at radius 1 is 1.16 bits per heavy atom. The summed E-state index contributed by atoms with van der Waals surface area (Å²) < 4.78 is 0. The normalized spacial score (nSPS) is 18.7. The molecule has 0 fully saturated rings. The molecule has 1 heterocycles. The van der Waals surface area contributed by atoms with Crippen molar-refractivity contribution in [2.24, 2.45) is 5.92 Å². The number of aromatic nitrogens is 1. The van der Waals surface area contributed by atoms with E-state index in [1.165, 1.54) is 68.0 Å². The highest BCUT2D eigenvalue weighted by Gasteiger charge is 2.21. The fourth-order valence-electron chi connectivity index (χ4n) is 3.56. The van der Waals surface area contributed by atoms with Crippen LogP contribution in [0.4, 0.5) is 0 Å². The van der Waals surface area contributed by atoms with Crippen LogP contribution in [0.25, 0.3) is 10.9 Å². The van der Waals surface area contributed by atoms with E-state index in [4.69, 9.17) is 0 Å². The number of rotatable bonds is 5. The molecule has 0 bridgehead atoms. The number of hydrogen-bond donors (Lipinski definition) is 1. The molecule has 1 aromatic carbocycles.